The van der Waals surface area contributed by atoms with E-state index < -0.39 is 43.0 Å². The van der Waals surface area contributed by atoms with Crippen molar-refractivity contribution < 1.29 is 63.5 Å². The number of aromatic nitrogens is 6. The van der Waals surface area contributed by atoms with Gasteiger partial charge in [-0.3, -0.25) is 34.9 Å². The fourth-order valence-electron chi connectivity index (χ4n) is 19.8. The molecule has 780 valence electrons. The van der Waals surface area contributed by atoms with Crippen molar-refractivity contribution in [3.05, 3.63) is 311 Å². The summed E-state index contributed by atoms with van der Waals surface area (Å²) in [5, 5.41) is 102. The van der Waals surface area contributed by atoms with Gasteiger partial charge in [-0.2, -0.15) is 0 Å². The van der Waals surface area contributed by atoms with Crippen LogP contribution in [0.5, 0.6) is 5.75 Å². The molecule has 8 aromatic carbocycles. The van der Waals surface area contributed by atoms with E-state index in [1.54, 1.807) is 39.4 Å². The van der Waals surface area contributed by atoms with Crippen molar-refractivity contribution in [2.24, 2.45) is 0 Å². The number of phenolic OH excluding ortho intramolecular Hbond substituents is 1. The molecule has 150 heavy (non-hydrogen) atoms. The van der Waals surface area contributed by atoms with Crippen molar-refractivity contribution in [3.8, 4) is 45.3 Å². The SMILES string of the molecule is CB(O)NC1(c2ccc(-n3c(-c4ccccc4O)nc4ccc(-c5cccc(N6CCOCC6)c5)nc43)cc2)CCC1.CB(O)NC1(c2ccc(N)cc2)CCC1.CB(O)NC1(c2ccc(Nc3nc(-c4cccc(N5CCOCC5)c4)ccc3[N+](=O)[O-])cc2)CCC1.CB(O)NC1(c2ccc(Nc3nc(Cl)ccc3[N+](=O)[O-])cc2)CCC1.CC1(C)OB(c2cccc(N3CCOCC3)c2)OC1(C)C.O=[N+]([O-])c1ccc(Cl)nc1Cl. The topological polar surface area (TPSA) is 454 Å². The summed E-state index contributed by atoms with van der Waals surface area (Å²) in [6, 6.07) is 76.4. The summed E-state index contributed by atoms with van der Waals surface area (Å²) in [5.74, 6) is 1.09. The molecule has 0 spiro atoms. The minimum Gasteiger partial charge on any atom is -0.507 e. The number of anilines is 8. The number of nitrogens with zero attached hydrogens (tertiary/aromatic N) is 12. The van der Waals surface area contributed by atoms with Gasteiger partial charge in [0.2, 0.25) is 16.8 Å². The van der Waals surface area contributed by atoms with Crippen molar-refractivity contribution in [2.75, 3.05) is 110 Å². The average molecular weight is 2090 g/mol. The molecule has 9 heterocycles. The van der Waals surface area contributed by atoms with Crippen LogP contribution >= 0.6 is 34.8 Å². The van der Waals surface area contributed by atoms with Crippen LogP contribution in [0, 0.1) is 30.3 Å². The normalized spacial score (nSPS) is 17.1. The quantitative estimate of drug-likeness (QED) is 0.00748. The second-order valence-corrected chi connectivity index (χ2v) is 40.9. The molecule has 0 unspecified atom stereocenters. The van der Waals surface area contributed by atoms with E-state index in [2.05, 4.69) is 174 Å². The van der Waals surface area contributed by atoms with Crippen LogP contribution in [0.25, 0.3) is 50.8 Å². The van der Waals surface area contributed by atoms with Gasteiger partial charge < -0.3 is 101 Å². The Balaban J connectivity index is 0.000000135. The summed E-state index contributed by atoms with van der Waals surface area (Å²) >= 11 is 16.6. The van der Waals surface area contributed by atoms with Gasteiger partial charge in [0, 0.05) is 131 Å². The van der Waals surface area contributed by atoms with Crippen molar-refractivity contribution in [1.82, 2.24) is 50.4 Å². The number of nitro groups is 3. The molecular formula is C107H125B5Cl3N19O16. The van der Waals surface area contributed by atoms with Gasteiger partial charge in [0.1, 0.15) is 21.6 Å². The van der Waals surface area contributed by atoms with E-state index >= 15 is 0 Å². The van der Waals surface area contributed by atoms with Crippen molar-refractivity contribution >= 4 is 150 Å². The summed E-state index contributed by atoms with van der Waals surface area (Å²) in [5.41, 5.74) is 21.6. The predicted octanol–water partition coefficient (Wildman–Crippen LogP) is 18.6. The molecule has 5 aromatic heterocycles. The maximum atomic E-state index is 11.7. The number of hydrogen-bond acceptors (Lipinski definition) is 31. The molecule has 4 saturated heterocycles. The van der Waals surface area contributed by atoms with Crippen LogP contribution in [0.1, 0.15) is 127 Å². The number of nitrogens with two attached hydrogens (primary N) is 1. The Morgan fingerprint density at radius 1 is 0.400 bits per heavy atom. The Kier molecular flexibility index (Phi) is 35.7. The Morgan fingerprint density at radius 3 is 1.17 bits per heavy atom. The highest BCUT2D eigenvalue weighted by Gasteiger charge is 2.52. The lowest BCUT2D eigenvalue weighted by atomic mass is 9.67. The standard InChI is InChI=1S/C33H34BN5O3.C26H30BN5O4.C16H18BClN4O3.C16H24BNO3.C11H17BN2O.C5H2Cl2N2O2/c1-34(41)37-33(16-5-17-33)24-10-12-25(13-11-24)39-31(27-8-2-3-9-30(27)40)36-29-15-14-28(35-32(29)39)23-6-4-7-26(22-23)38-18-20-42-21-19-38;1-27(33)30-26(12-3-13-26)20-6-8-21(9-7-20)28-25-24(32(34)35)11-10-23(29-25)19-4-2-5-22(18-19)31-14-16-36-17-15-31;1-17(23)21-16(9-2-10-16)11-3-5-12(6-4-11)19-15-13(22(24)25)7-8-14(18)20-15;1-15(2)16(3,4)21-17(20-15)13-6-5-7-14(12-13)18-8-10-19-11-9-18;1-12(15)14-11(7-2-8-11)9-3-5-10(13)6-4-9;6-4-2-1-3(9(10)11)5(7)8-4/h2-4,6-15,22,37,40-41H,5,16-21H2,1H3;2,4-11,18,30,33H,3,12-17H2,1H3,(H,28,29);3-8,21,23H,2,9-10H2,1H3,(H,19,20);5-7,12H,8-11H2,1-4H3;3-6,14-15H,2,7-8,13H2,1H3;1-2H. The molecular weight excluding hydrogens is 1970 g/mol. The third kappa shape index (κ3) is 26.5. The summed E-state index contributed by atoms with van der Waals surface area (Å²) in [6.45, 7) is 25.0. The Labute approximate surface area is 889 Å². The van der Waals surface area contributed by atoms with Gasteiger partial charge in [-0.05, 0) is 287 Å². The molecule has 0 bridgehead atoms. The number of benzene rings is 8. The summed E-state index contributed by atoms with van der Waals surface area (Å²) in [4.78, 5) is 60.6. The highest BCUT2D eigenvalue weighted by molar-refractivity contribution is 6.62. The number of nitrogens with one attached hydrogen (secondary N) is 6. The number of pyridine rings is 4. The minimum atomic E-state index is -0.619. The van der Waals surface area contributed by atoms with Crippen LogP contribution in [0.2, 0.25) is 42.8 Å². The molecule has 43 heteroatoms. The number of rotatable bonds is 27. The molecule has 8 aliphatic rings. The van der Waals surface area contributed by atoms with E-state index in [-0.39, 0.29) is 90.4 Å². The first kappa shape index (κ1) is 110. The molecule has 0 radical (unpaired) electrons. The smallest absolute Gasteiger partial charge is 0.494 e. The van der Waals surface area contributed by atoms with Gasteiger partial charge in [0.25, 0.3) is 0 Å². The molecule has 0 amide bonds. The maximum Gasteiger partial charge on any atom is 0.494 e. The zero-order valence-electron chi connectivity index (χ0n) is 85.3. The zero-order valence-corrected chi connectivity index (χ0v) is 87.5. The summed E-state index contributed by atoms with van der Waals surface area (Å²) in [6.07, 6.45) is 12.6. The molecule has 13 N–H and O–H groups in total. The zero-order chi connectivity index (χ0) is 106. The van der Waals surface area contributed by atoms with Gasteiger partial charge in [0.15, 0.2) is 11.5 Å². The van der Waals surface area contributed by atoms with Crippen LogP contribution in [0.3, 0.4) is 0 Å². The lowest BCUT2D eigenvalue weighted by Crippen LogP contribution is -2.53. The van der Waals surface area contributed by atoms with Crippen molar-refractivity contribution in [2.45, 2.75) is 165 Å². The molecule has 21 rings (SSSR count). The number of fused-ring (bicyclic) bond motifs is 1. The van der Waals surface area contributed by atoms with Gasteiger partial charge >= 0.3 is 52.4 Å². The van der Waals surface area contributed by atoms with E-state index in [0.29, 0.717) is 41.7 Å². The molecule has 0 atom stereocenters. The first-order valence-electron chi connectivity index (χ1n) is 50.8. The highest BCUT2D eigenvalue weighted by Crippen LogP contribution is 2.48. The van der Waals surface area contributed by atoms with Gasteiger partial charge in [-0.1, -0.05) is 132 Å². The molecule has 4 aliphatic carbocycles. The molecule has 8 fully saturated rings. The third-order valence-electron chi connectivity index (χ3n) is 28.9. The van der Waals surface area contributed by atoms with E-state index in [4.69, 9.17) is 74.0 Å². The lowest BCUT2D eigenvalue weighted by Gasteiger charge is -2.44. The Hall–Kier alpha value is -12.7. The number of aromatic hydroxyl groups is 1. The number of imidazole rings is 1. The van der Waals surface area contributed by atoms with Gasteiger partial charge in [0.05, 0.1) is 82.6 Å². The monoisotopic (exact) mass is 2090 g/mol. The fourth-order valence-corrected chi connectivity index (χ4v) is 20.4. The highest BCUT2D eigenvalue weighted by atomic mass is 35.5. The first-order chi connectivity index (χ1) is 72.0. The maximum absolute atomic E-state index is 11.7. The fraction of sp³-hybridized carbons (Fsp3) is 0.355. The number of morpholine rings is 3. The first-order valence-corrected chi connectivity index (χ1v) is 51.9. The van der Waals surface area contributed by atoms with Gasteiger partial charge in [-0.25, -0.2) is 24.9 Å². The Bertz CT molecular complexity index is 6810. The molecule has 13 aromatic rings. The summed E-state index contributed by atoms with van der Waals surface area (Å²) in [7, 11) is -2.53. The van der Waals surface area contributed by atoms with Gasteiger partial charge in [-0.15, -0.1) is 0 Å². The number of phenols is 1. The van der Waals surface area contributed by atoms with Crippen molar-refractivity contribution in [3.63, 3.8) is 0 Å². The van der Waals surface area contributed by atoms with E-state index in [1.165, 1.54) is 48.0 Å². The molecule has 35 nitrogen and oxygen atoms in total. The van der Waals surface area contributed by atoms with E-state index in [0.717, 1.165) is 209 Å². The lowest BCUT2D eigenvalue weighted by molar-refractivity contribution is -0.385. The van der Waals surface area contributed by atoms with Crippen LogP contribution in [-0.2, 0) is 45.7 Å². The van der Waals surface area contributed by atoms with Crippen molar-refractivity contribution in [1.29, 1.82) is 0 Å². The second kappa shape index (κ2) is 48.7. The predicted molar refractivity (Wildman–Crippen MR) is 596 cm³/mol. The second-order valence-electron chi connectivity index (χ2n) is 39.8. The Morgan fingerprint density at radius 2 is 0.767 bits per heavy atom. The number of halogens is 3. The minimum absolute atomic E-state index is 0.0259. The van der Waals surface area contributed by atoms with Crippen LogP contribution < -0.4 is 57.4 Å². The van der Waals surface area contributed by atoms with Crippen LogP contribution in [-0.4, -0.2) is 195 Å². The number of para-hydroxylation sites is 1. The number of nitrogen functional groups attached to an aromatic ring is 1. The largest absolute Gasteiger partial charge is 0.507 e. The molecule has 4 aliphatic heterocycles. The van der Waals surface area contributed by atoms with Crippen LogP contribution in [0.15, 0.2) is 243 Å². The van der Waals surface area contributed by atoms with E-state index in [1.807, 2.05) is 120 Å². The number of hydrogen-bond donors (Lipinski definition) is 12. The molecule has 4 saturated carbocycles. The number of ether oxygens (including phenoxy) is 3. The third-order valence-corrected chi connectivity index (χ3v) is 29.6. The van der Waals surface area contributed by atoms with Crippen LogP contribution in [0.4, 0.5) is 62.8 Å². The summed E-state index contributed by atoms with van der Waals surface area (Å²) < 4.78 is 30.7. The average Bonchev–Trinajstić information content (AvgIpc) is 1.61. The van der Waals surface area contributed by atoms with E-state index in [9.17, 15) is 55.5 Å².